The summed E-state index contributed by atoms with van der Waals surface area (Å²) >= 11 is 1.30. The lowest BCUT2D eigenvalue weighted by molar-refractivity contribution is -0.115. The van der Waals surface area contributed by atoms with E-state index in [1.54, 1.807) is 7.11 Å². The Morgan fingerprint density at radius 2 is 2.04 bits per heavy atom. The van der Waals surface area contributed by atoms with Crippen molar-refractivity contribution in [2.75, 3.05) is 18.2 Å². The first kappa shape index (κ1) is 18.8. The number of amides is 1. The molecule has 0 saturated heterocycles. The van der Waals surface area contributed by atoms with Gasteiger partial charge in [-0.3, -0.25) is 4.79 Å². The van der Waals surface area contributed by atoms with Crippen molar-refractivity contribution in [3.8, 4) is 17.0 Å². The number of para-hydroxylation sites is 1. The van der Waals surface area contributed by atoms with Crippen molar-refractivity contribution in [1.82, 2.24) is 4.98 Å². The third-order valence-electron chi connectivity index (χ3n) is 4.56. The predicted molar refractivity (Wildman–Crippen MR) is 103 cm³/mol. The molecule has 0 aliphatic heterocycles. The van der Waals surface area contributed by atoms with E-state index in [9.17, 15) is 13.2 Å². The second-order valence-corrected chi connectivity index (χ2v) is 9.57. The van der Waals surface area contributed by atoms with E-state index in [0.717, 1.165) is 31.2 Å². The zero-order chi connectivity index (χ0) is 18.6. The molecule has 2 aromatic rings. The van der Waals surface area contributed by atoms with Gasteiger partial charge in [-0.2, -0.15) is 0 Å². The number of aromatic nitrogens is 1. The lowest BCUT2D eigenvalue weighted by Gasteiger charge is -2.10. The largest absolute Gasteiger partial charge is 0.496 e. The summed E-state index contributed by atoms with van der Waals surface area (Å²) in [5.41, 5.74) is 1.55. The van der Waals surface area contributed by atoms with Crippen LogP contribution >= 0.6 is 11.3 Å². The molecule has 1 fully saturated rings. The van der Waals surface area contributed by atoms with Crippen LogP contribution in [0.4, 0.5) is 5.13 Å². The van der Waals surface area contributed by atoms with Crippen molar-refractivity contribution in [1.29, 1.82) is 0 Å². The van der Waals surface area contributed by atoms with Gasteiger partial charge in [0.1, 0.15) is 5.75 Å². The van der Waals surface area contributed by atoms with E-state index >= 15 is 0 Å². The van der Waals surface area contributed by atoms with Gasteiger partial charge >= 0.3 is 0 Å². The number of rotatable bonds is 7. The molecule has 0 atom stereocenters. The van der Waals surface area contributed by atoms with Crippen LogP contribution in [-0.4, -0.2) is 37.4 Å². The number of nitrogens with zero attached hydrogens (tertiary/aromatic N) is 1. The topological polar surface area (TPSA) is 85.4 Å². The quantitative estimate of drug-likeness (QED) is 0.777. The Bertz CT molecular complexity index is 871. The number of ether oxygens (including phenoxy) is 1. The SMILES string of the molecule is COc1ccccc1-c1csc(NC(=O)CCS(=O)(=O)C2CCCC2)n1. The Kier molecular flexibility index (Phi) is 5.93. The van der Waals surface area contributed by atoms with Gasteiger partial charge in [-0.25, -0.2) is 13.4 Å². The van der Waals surface area contributed by atoms with Crippen LogP contribution in [-0.2, 0) is 14.6 Å². The van der Waals surface area contributed by atoms with E-state index < -0.39 is 9.84 Å². The summed E-state index contributed by atoms with van der Waals surface area (Å²) in [4.78, 5) is 16.5. The van der Waals surface area contributed by atoms with Crippen LogP contribution in [0, 0.1) is 0 Å². The molecule has 1 aromatic heterocycles. The fraction of sp³-hybridized carbons (Fsp3) is 0.444. The number of hydrogen-bond acceptors (Lipinski definition) is 6. The summed E-state index contributed by atoms with van der Waals surface area (Å²) in [5.74, 6) is 0.277. The lowest BCUT2D eigenvalue weighted by atomic mass is 10.1. The highest BCUT2D eigenvalue weighted by Crippen LogP contribution is 2.32. The second-order valence-electron chi connectivity index (χ2n) is 6.31. The first-order chi connectivity index (χ1) is 12.5. The van der Waals surface area contributed by atoms with Gasteiger partial charge in [0.15, 0.2) is 15.0 Å². The Balaban J connectivity index is 1.59. The van der Waals surface area contributed by atoms with Crippen LogP contribution in [0.5, 0.6) is 5.75 Å². The highest BCUT2D eigenvalue weighted by atomic mass is 32.2. The van der Waals surface area contributed by atoms with Crippen molar-refractivity contribution in [3.05, 3.63) is 29.6 Å². The molecule has 1 saturated carbocycles. The molecule has 140 valence electrons. The van der Waals surface area contributed by atoms with Gasteiger partial charge in [0.2, 0.25) is 5.91 Å². The number of hydrogen-bond donors (Lipinski definition) is 1. The summed E-state index contributed by atoms with van der Waals surface area (Å²) in [6.07, 6.45) is 3.32. The Labute approximate surface area is 157 Å². The predicted octanol–water partition coefficient (Wildman–Crippen LogP) is 3.50. The first-order valence-electron chi connectivity index (χ1n) is 8.60. The van der Waals surface area contributed by atoms with Gasteiger partial charge in [-0.1, -0.05) is 25.0 Å². The Hall–Kier alpha value is -1.93. The van der Waals surface area contributed by atoms with Crippen LogP contribution < -0.4 is 10.1 Å². The molecular formula is C18H22N2O4S2. The Morgan fingerprint density at radius 3 is 2.77 bits per heavy atom. The highest BCUT2D eigenvalue weighted by molar-refractivity contribution is 7.92. The standard InChI is InChI=1S/C18H22N2O4S2/c1-24-16-9-5-4-8-14(16)15-12-25-18(19-15)20-17(21)10-11-26(22,23)13-6-2-3-7-13/h4-5,8-9,12-13H,2-3,6-7,10-11H2,1H3,(H,19,20,21). The lowest BCUT2D eigenvalue weighted by Crippen LogP contribution is -2.24. The van der Waals surface area contributed by atoms with Gasteiger partial charge < -0.3 is 10.1 Å². The first-order valence-corrected chi connectivity index (χ1v) is 11.2. The molecule has 0 radical (unpaired) electrons. The number of benzene rings is 1. The van der Waals surface area contributed by atoms with Crippen LogP contribution in [0.25, 0.3) is 11.3 Å². The van der Waals surface area contributed by atoms with Crippen molar-refractivity contribution in [2.24, 2.45) is 0 Å². The molecular weight excluding hydrogens is 372 g/mol. The molecule has 26 heavy (non-hydrogen) atoms. The monoisotopic (exact) mass is 394 g/mol. The minimum absolute atomic E-state index is 0.0393. The molecule has 0 bridgehead atoms. The van der Waals surface area contributed by atoms with Crippen molar-refractivity contribution < 1.29 is 17.9 Å². The molecule has 1 aliphatic carbocycles. The number of thiazole rings is 1. The zero-order valence-electron chi connectivity index (χ0n) is 14.6. The molecule has 0 unspecified atom stereocenters. The Morgan fingerprint density at radius 1 is 1.31 bits per heavy atom. The normalized spacial score (nSPS) is 15.1. The third-order valence-corrected chi connectivity index (χ3v) is 7.58. The van der Waals surface area contributed by atoms with E-state index in [1.807, 2.05) is 29.6 Å². The summed E-state index contributed by atoms with van der Waals surface area (Å²) in [6, 6.07) is 7.51. The maximum Gasteiger partial charge on any atom is 0.227 e. The maximum absolute atomic E-state index is 12.2. The molecule has 6 nitrogen and oxygen atoms in total. The van der Waals surface area contributed by atoms with Crippen molar-refractivity contribution in [3.63, 3.8) is 0 Å². The van der Waals surface area contributed by atoms with Gasteiger partial charge in [0, 0.05) is 17.4 Å². The van der Waals surface area contributed by atoms with Gasteiger partial charge in [0.05, 0.1) is 23.8 Å². The van der Waals surface area contributed by atoms with Gasteiger partial charge in [0.25, 0.3) is 0 Å². The molecule has 1 aromatic carbocycles. The molecule has 1 heterocycles. The smallest absolute Gasteiger partial charge is 0.227 e. The van der Waals surface area contributed by atoms with E-state index in [1.165, 1.54) is 11.3 Å². The van der Waals surface area contributed by atoms with E-state index in [0.29, 0.717) is 16.6 Å². The summed E-state index contributed by atoms with van der Waals surface area (Å²) in [5, 5.41) is 4.71. The number of methoxy groups -OCH3 is 1. The average Bonchev–Trinajstić information content (AvgIpc) is 3.32. The number of nitrogens with one attached hydrogen (secondary N) is 1. The zero-order valence-corrected chi connectivity index (χ0v) is 16.2. The molecule has 8 heteroatoms. The summed E-state index contributed by atoms with van der Waals surface area (Å²) < 4.78 is 29.8. The fourth-order valence-corrected chi connectivity index (χ4v) is 5.72. The molecule has 1 aliphatic rings. The van der Waals surface area contributed by atoms with Crippen LogP contribution in [0.3, 0.4) is 0 Å². The van der Waals surface area contributed by atoms with Crippen LogP contribution in [0.2, 0.25) is 0 Å². The molecule has 1 amide bonds. The van der Waals surface area contributed by atoms with E-state index in [4.69, 9.17) is 4.74 Å². The fourth-order valence-electron chi connectivity index (χ4n) is 3.14. The second kappa shape index (κ2) is 8.18. The van der Waals surface area contributed by atoms with Crippen molar-refractivity contribution >= 4 is 32.2 Å². The van der Waals surface area contributed by atoms with Crippen molar-refractivity contribution in [2.45, 2.75) is 37.4 Å². The number of carbonyl (C=O) groups excluding carboxylic acids is 1. The molecule has 1 N–H and O–H groups in total. The maximum atomic E-state index is 12.2. The van der Waals surface area contributed by atoms with E-state index in [-0.39, 0.29) is 23.3 Å². The number of anilines is 1. The van der Waals surface area contributed by atoms with Crippen LogP contribution in [0.15, 0.2) is 29.6 Å². The minimum Gasteiger partial charge on any atom is -0.496 e. The highest BCUT2D eigenvalue weighted by Gasteiger charge is 2.28. The van der Waals surface area contributed by atoms with Crippen LogP contribution in [0.1, 0.15) is 32.1 Å². The average molecular weight is 395 g/mol. The minimum atomic E-state index is -3.19. The van der Waals surface area contributed by atoms with Gasteiger partial charge in [-0.05, 0) is 25.0 Å². The summed E-state index contributed by atoms with van der Waals surface area (Å²) in [7, 11) is -1.59. The number of carbonyl (C=O) groups is 1. The molecule has 3 rings (SSSR count). The molecule has 0 spiro atoms. The van der Waals surface area contributed by atoms with E-state index in [2.05, 4.69) is 10.3 Å². The number of sulfone groups is 1. The van der Waals surface area contributed by atoms with Gasteiger partial charge in [-0.15, -0.1) is 11.3 Å². The summed E-state index contributed by atoms with van der Waals surface area (Å²) in [6.45, 7) is 0. The third kappa shape index (κ3) is 4.42.